The van der Waals surface area contributed by atoms with E-state index in [1.54, 1.807) is 6.07 Å². The molecule has 0 amide bonds. The highest BCUT2D eigenvalue weighted by Crippen LogP contribution is 2.13. The summed E-state index contributed by atoms with van der Waals surface area (Å²) in [7, 11) is 0. The fourth-order valence-corrected chi connectivity index (χ4v) is 1.69. The third-order valence-corrected chi connectivity index (χ3v) is 2.45. The van der Waals surface area contributed by atoms with Crippen molar-refractivity contribution in [2.45, 2.75) is 0 Å². The summed E-state index contributed by atoms with van der Waals surface area (Å²) >= 11 is 1.24. The average molecular weight is 178 g/mol. The molecule has 0 saturated carbocycles. The van der Waals surface area contributed by atoms with Gasteiger partial charge in [0.1, 0.15) is 0 Å². The monoisotopic (exact) mass is 178 g/mol. The fraction of sp³-hybridized carbons (Fsp3) is 0. The van der Waals surface area contributed by atoms with E-state index < -0.39 is 0 Å². The predicted molar refractivity (Wildman–Crippen MR) is 50.3 cm³/mol. The van der Waals surface area contributed by atoms with Crippen molar-refractivity contribution in [3.05, 3.63) is 34.5 Å². The Labute approximate surface area is 72.6 Å². The van der Waals surface area contributed by atoms with E-state index in [4.69, 9.17) is 5.73 Å². The zero-order valence-corrected chi connectivity index (χ0v) is 6.97. The van der Waals surface area contributed by atoms with Gasteiger partial charge < -0.3 is 5.73 Å². The van der Waals surface area contributed by atoms with E-state index in [-0.39, 0.29) is 11.2 Å². The van der Waals surface area contributed by atoms with Gasteiger partial charge in [-0.15, -0.1) is 0 Å². The minimum absolute atomic E-state index is 0.0821. The van der Waals surface area contributed by atoms with Gasteiger partial charge in [-0.1, -0.05) is 12.1 Å². The molecule has 4 heteroatoms. The summed E-state index contributed by atoms with van der Waals surface area (Å²) in [5.41, 5.74) is 5.20. The van der Waals surface area contributed by atoms with Crippen molar-refractivity contribution in [3.63, 3.8) is 0 Å². The van der Waals surface area contributed by atoms with E-state index in [0.29, 0.717) is 5.39 Å². The Bertz CT molecular complexity index is 478. The maximum absolute atomic E-state index is 11.3. The number of nitrogens with two attached hydrogens (primary N) is 1. The topological polar surface area (TPSA) is 56.0 Å². The van der Waals surface area contributed by atoms with Gasteiger partial charge in [0.2, 0.25) is 5.43 Å². The van der Waals surface area contributed by atoms with Gasteiger partial charge in [0.15, 0.2) is 5.82 Å². The minimum Gasteiger partial charge on any atom is -0.380 e. The van der Waals surface area contributed by atoms with Crippen LogP contribution in [0.2, 0.25) is 0 Å². The number of hydrogen-bond donors (Lipinski definition) is 1. The van der Waals surface area contributed by atoms with Gasteiger partial charge in [-0.2, -0.15) is 4.37 Å². The molecule has 2 aromatic rings. The van der Waals surface area contributed by atoms with E-state index in [1.165, 1.54) is 11.5 Å². The van der Waals surface area contributed by atoms with Crippen LogP contribution in [0.3, 0.4) is 0 Å². The second-order valence-electron chi connectivity index (χ2n) is 2.39. The Balaban J connectivity index is 3.01. The lowest BCUT2D eigenvalue weighted by molar-refractivity contribution is 1.48. The lowest BCUT2D eigenvalue weighted by Crippen LogP contribution is -2.08. The van der Waals surface area contributed by atoms with Crippen LogP contribution in [0.15, 0.2) is 29.1 Å². The largest absolute Gasteiger partial charge is 0.380 e. The molecule has 0 aliphatic rings. The van der Waals surface area contributed by atoms with Crippen LogP contribution < -0.4 is 11.2 Å². The number of anilines is 1. The smallest absolute Gasteiger partial charge is 0.230 e. The summed E-state index contributed by atoms with van der Waals surface area (Å²) in [6.07, 6.45) is 0. The van der Waals surface area contributed by atoms with Gasteiger partial charge in [0.05, 0.1) is 4.70 Å². The molecular formula is C8H6N2OS. The van der Waals surface area contributed by atoms with E-state index in [0.717, 1.165) is 4.70 Å². The highest BCUT2D eigenvalue weighted by molar-refractivity contribution is 7.13. The molecule has 1 aromatic heterocycles. The van der Waals surface area contributed by atoms with Crippen LogP contribution in [0, 0.1) is 0 Å². The molecular weight excluding hydrogens is 172 g/mol. The van der Waals surface area contributed by atoms with Crippen LogP contribution in [0.5, 0.6) is 0 Å². The van der Waals surface area contributed by atoms with Gasteiger partial charge >= 0.3 is 0 Å². The number of rotatable bonds is 0. The normalized spacial score (nSPS) is 10.3. The van der Waals surface area contributed by atoms with Crippen molar-refractivity contribution >= 4 is 27.4 Å². The lowest BCUT2D eigenvalue weighted by Gasteiger charge is -1.93. The minimum atomic E-state index is -0.177. The Morgan fingerprint density at radius 2 is 2.08 bits per heavy atom. The second kappa shape index (κ2) is 2.57. The van der Waals surface area contributed by atoms with Crippen LogP contribution in [-0.2, 0) is 0 Å². The third-order valence-electron chi connectivity index (χ3n) is 1.61. The summed E-state index contributed by atoms with van der Waals surface area (Å²) in [5, 5.41) is 0.648. The van der Waals surface area contributed by atoms with Crippen LogP contribution in [0.1, 0.15) is 0 Å². The number of benzene rings is 1. The van der Waals surface area contributed by atoms with Crippen LogP contribution in [0.25, 0.3) is 10.1 Å². The molecule has 2 N–H and O–H groups in total. The van der Waals surface area contributed by atoms with E-state index >= 15 is 0 Å². The SMILES string of the molecule is Nc1nsc2ccccc2c1=O. The van der Waals surface area contributed by atoms with Crippen molar-refractivity contribution in [2.24, 2.45) is 0 Å². The second-order valence-corrected chi connectivity index (χ2v) is 3.20. The van der Waals surface area contributed by atoms with Crippen LogP contribution in [0.4, 0.5) is 5.82 Å². The highest BCUT2D eigenvalue weighted by atomic mass is 32.1. The molecule has 0 radical (unpaired) electrons. The van der Waals surface area contributed by atoms with Crippen LogP contribution >= 0.6 is 11.5 Å². The van der Waals surface area contributed by atoms with Crippen molar-refractivity contribution in [3.8, 4) is 0 Å². The molecule has 12 heavy (non-hydrogen) atoms. The van der Waals surface area contributed by atoms with Gasteiger partial charge in [-0.25, -0.2) is 0 Å². The van der Waals surface area contributed by atoms with Crippen molar-refractivity contribution < 1.29 is 0 Å². The molecule has 0 unspecified atom stereocenters. The highest BCUT2D eigenvalue weighted by Gasteiger charge is 2.01. The molecule has 0 bridgehead atoms. The number of nitrogen functional groups attached to an aromatic ring is 1. The van der Waals surface area contributed by atoms with Gasteiger partial charge in [-0.05, 0) is 23.7 Å². The van der Waals surface area contributed by atoms with Crippen molar-refractivity contribution in [2.75, 3.05) is 5.73 Å². The summed E-state index contributed by atoms with van der Waals surface area (Å²) in [5.74, 6) is 0.0821. The van der Waals surface area contributed by atoms with Gasteiger partial charge in [-0.3, -0.25) is 4.79 Å². The first-order valence-electron chi connectivity index (χ1n) is 3.43. The average Bonchev–Trinajstić information content (AvgIpc) is 2.12. The Morgan fingerprint density at radius 3 is 2.92 bits per heavy atom. The first-order chi connectivity index (χ1) is 5.79. The quantitative estimate of drug-likeness (QED) is 0.660. The lowest BCUT2D eigenvalue weighted by atomic mass is 10.2. The molecule has 3 nitrogen and oxygen atoms in total. The van der Waals surface area contributed by atoms with Crippen molar-refractivity contribution in [1.82, 2.24) is 4.37 Å². The standard InChI is InChI=1S/C8H6N2OS/c9-8-7(11)5-3-1-2-4-6(5)12-10-8/h1-4H,(H2,9,10). The number of hydrogen-bond acceptors (Lipinski definition) is 4. The molecule has 0 aliphatic heterocycles. The summed E-state index contributed by atoms with van der Waals surface area (Å²) in [4.78, 5) is 11.3. The number of fused-ring (bicyclic) bond motifs is 1. The molecule has 1 heterocycles. The van der Waals surface area contributed by atoms with E-state index in [1.807, 2.05) is 18.2 Å². The van der Waals surface area contributed by atoms with Gasteiger partial charge in [0.25, 0.3) is 0 Å². The first-order valence-corrected chi connectivity index (χ1v) is 4.20. The molecule has 60 valence electrons. The number of aromatic nitrogens is 1. The summed E-state index contributed by atoms with van der Waals surface area (Å²) < 4.78 is 4.69. The van der Waals surface area contributed by atoms with Gasteiger partial charge in [0, 0.05) is 5.39 Å². The maximum atomic E-state index is 11.3. The third kappa shape index (κ3) is 0.967. The maximum Gasteiger partial charge on any atom is 0.230 e. The van der Waals surface area contributed by atoms with Crippen LogP contribution in [-0.4, -0.2) is 4.37 Å². The number of nitrogens with zero attached hydrogens (tertiary/aromatic N) is 1. The Morgan fingerprint density at radius 1 is 1.33 bits per heavy atom. The summed E-state index contributed by atoms with van der Waals surface area (Å²) in [6, 6.07) is 7.30. The molecule has 0 spiro atoms. The summed E-state index contributed by atoms with van der Waals surface area (Å²) in [6.45, 7) is 0. The molecule has 2 rings (SSSR count). The molecule has 0 aliphatic carbocycles. The first kappa shape index (κ1) is 7.24. The Kier molecular flexibility index (Phi) is 1.55. The predicted octanol–water partition coefficient (Wildman–Crippen LogP) is 1.24. The van der Waals surface area contributed by atoms with Crippen molar-refractivity contribution in [1.29, 1.82) is 0 Å². The zero-order chi connectivity index (χ0) is 8.55. The fourth-order valence-electron chi connectivity index (χ4n) is 1.01. The molecule has 0 atom stereocenters. The van der Waals surface area contributed by atoms with E-state index in [2.05, 4.69) is 4.37 Å². The molecule has 0 fully saturated rings. The Hall–Kier alpha value is -1.42. The molecule has 0 saturated heterocycles. The van der Waals surface area contributed by atoms with E-state index in [9.17, 15) is 4.79 Å². The molecule has 1 aromatic carbocycles. The zero-order valence-electron chi connectivity index (χ0n) is 6.15.